The molecule has 9 heteroatoms. The standard InChI is InChI=1S/C18H24ClN3O4S/c1-12-2-3-14(10-16(12)19)21-18(24)17(23)20-11-13-6-8-22(9-7-13)27(25,26)15-4-5-15/h2-3,10,13,15H,4-9,11H2,1H3,(H,20,23)(H,21,24). The Hall–Kier alpha value is -1.64. The number of carbonyl (C=O) groups excluding carboxylic acids is 2. The first-order valence-electron chi connectivity index (χ1n) is 9.11. The minimum atomic E-state index is -3.13. The second kappa shape index (κ2) is 8.16. The van der Waals surface area contributed by atoms with Gasteiger partial charge in [-0.3, -0.25) is 9.59 Å². The molecule has 148 valence electrons. The predicted molar refractivity (Wildman–Crippen MR) is 104 cm³/mol. The van der Waals surface area contributed by atoms with Crippen LogP contribution in [-0.2, 0) is 19.6 Å². The van der Waals surface area contributed by atoms with Gasteiger partial charge in [0.1, 0.15) is 0 Å². The smallest absolute Gasteiger partial charge is 0.313 e. The van der Waals surface area contributed by atoms with Crippen LogP contribution in [0.25, 0.3) is 0 Å². The fraction of sp³-hybridized carbons (Fsp3) is 0.556. The summed E-state index contributed by atoms with van der Waals surface area (Å²) in [6.07, 6.45) is 2.89. The van der Waals surface area contributed by atoms with Gasteiger partial charge in [0.05, 0.1) is 5.25 Å². The summed E-state index contributed by atoms with van der Waals surface area (Å²) in [4.78, 5) is 24.0. The van der Waals surface area contributed by atoms with E-state index in [-0.39, 0.29) is 11.2 Å². The van der Waals surface area contributed by atoms with Crippen LogP contribution in [0.15, 0.2) is 18.2 Å². The highest BCUT2D eigenvalue weighted by atomic mass is 35.5. The zero-order chi connectivity index (χ0) is 19.6. The molecule has 27 heavy (non-hydrogen) atoms. The summed E-state index contributed by atoms with van der Waals surface area (Å²) in [5, 5.41) is 5.48. The van der Waals surface area contributed by atoms with Gasteiger partial charge in [-0.2, -0.15) is 0 Å². The highest BCUT2D eigenvalue weighted by Gasteiger charge is 2.41. The van der Waals surface area contributed by atoms with Gasteiger partial charge in [-0.25, -0.2) is 12.7 Å². The lowest BCUT2D eigenvalue weighted by molar-refractivity contribution is -0.136. The van der Waals surface area contributed by atoms with Gasteiger partial charge in [-0.15, -0.1) is 0 Å². The maximum absolute atomic E-state index is 12.2. The monoisotopic (exact) mass is 413 g/mol. The van der Waals surface area contributed by atoms with E-state index in [1.54, 1.807) is 22.5 Å². The molecule has 0 aromatic heterocycles. The number of anilines is 1. The molecule has 0 radical (unpaired) electrons. The van der Waals surface area contributed by atoms with Crippen molar-refractivity contribution in [3.63, 3.8) is 0 Å². The average molecular weight is 414 g/mol. The Labute approximate surface area is 164 Å². The molecule has 1 aromatic rings. The van der Waals surface area contributed by atoms with Crippen LogP contribution in [0.1, 0.15) is 31.2 Å². The summed E-state index contributed by atoms with van der Waals surface area (Å²) in [6.45, 7) is 3.17. The Bertz CT molecular complexity index is 831. The van der Waals surface area contributed by atoms with E-state index in [1.165, 1.54) is 0 Å². The Morgan fingerprint density at radius 1 is 1.15 bits per heavy atom. The molecule has 1 aliphatic heterocycles. The number of halogens is 1. The fourth-order valence-electron chi connectivity index (χ4n) is 3.12. The van der Waals surface area contributed by atoms with Gasteiger partial charge in [0.2, 0.25) is 10.0 Å². The summed E-state index contributed by atoms with van der Waals surface area (Å²) >= 11 is 6.01. The molecule has 1 aliphatic carbocycles. The number of benzene rings is 1. The Morgan fingerprint density at radius 3 is 2.41 bits per heavy atom. The van der Waals surface area contributed by atoms with Crippen molar-refractivity contribution in [3.05, 3.63) is 28.8 Å². The SMILES string of the molecule is Cc1ccc(NC(=O)C(=O)NCC2CCN(S(=O)(=O)C3CC3)CC2)cc1Cl. The van der Waals surface area contributed by atoms with E-state index < -0.39 is 21.8 Å². The lowest BCUT2D eigenvalue weighted by Gasteiger charge is -2.31. The van der Waals surface area contributed by atoms with Crippen LogP contribution < -0.4 is 10.6 Å². The molecule has 1 saturated carbocycles. The van der Waals surface area contributed by atoms with E-state index in [1.807, 2.05) is 6.92 Å². The molecule has 7 nitrogen and oxygen atoms in total. The molecule has 0 spiro atoms. The van der Waals surface area contributed by atoms with Crippen LogP contribution in [0.5, 0.6) is 0 Å². The van der Waals surface area contributed by atoms with E-state index in [2.05, 4.69) is 10.6 Å². The van der Waals surface area contributed by atoms with Crippen LogP contribution >= 0.6 is 11.6 Å². The van der Waals surface area contributed by atoms with Gasteiger partial charge >= 0.3 is 11.8 Å². The van der Waals surface area contributed by atoms with Crippen LogP contribution in [0.4, 0.5) is 5.69 Å². The third-order valence-corrected chi connectivity index (χ3v) is 7.87. The number of hydrogen-bond acceptors (Lipinski definition) is 4. The number of carbonyl (C=O) groups is 2. The molecule has 1 aromatic carbocycles. The first-order valence-corrected chi connectivity index (χ1v) is 11.0. The topological polar surface area (TPSA) is 95.6 Å². The normalized spacial score (nSPS) is 18.9. The van der Waals surface area contributed by atoms with Crippen molar-refractivity contribution in [2.24, 2.45) is 5.92 Å². The number of nitrogens with one attached hydrogen (secondary N) is 2. The molecular formula is C18H24ClN3O4S. The number of hydrogen-bond donors (Lipinski definition) is 2. The summed E-state index contributed by atoms with van der Waals surface area (Å²) in [7, 11) is -3.13. The quantitative estimate of drug-likeness (QED) is 0.720. The minimum Gasteiger partial charge on any atom is -0.348 e. The van der Waals surface area contributed by atoms with Gasteiger partial charge < -0.3 is 10.6 Å². The number of sulfonamides is 1. The predicted octanol–water partition coefficient (Wildman–Crippen LogP) is 1.91. The first-order chi connectivity index (χ1) is 12.8. The molecular weight excluding hydrogens is 390 g/mol. The van der Waals surface area contributed by atoms with Crippen LogP contribution in [0.2, 0.25) is 5.02 Å². The van der Waals surface area contributed by atoms with Gasteiger partial charge in [0.25, 0.3) is 0 Å². The Morgan fingerprint density at radius 2 is 1.81 bits per heavy atom. The van der Waals surface area contributed by atoms with Gasteiger partial charge in [0.15, 0.2) is 0 Å². The van der Waals surface area contributed by atoms with Crippen LogP contribution in [-0.4, -0.2) is 49.4 Å². The number of piperidine rings is 1. The van der Waals surface area contributed by atoms with Crippen molar-refractivity contribution >= 4 is 39.1 Å². The summed E-state index contributed by atoms with van der Waals surface area (Å²) in [5.41, 5.74) is 1.35. The summed E-state index contributed by atoms with van der Waals surface area (Å²) in [5.74, 6) is -1.29. The number of rotatable bonds is 5. The highest BCUT2D eigenvalue weighted by molar-refractivity contribution is 7.90. The molecule has 1 heterocycles. The zero-order valence-corrected chi connectivity index (χ0v) is 16.8. The lowest BCUT2D eigenvalue weighted by Crippen LogP contribution is -2.44. The number of aryl methyl sites for hydroxylation is 1. The van der Waals surface area contributed by atoms with Crippen molar-refractivity contribution in [1.82, 2.24) is 9.62 Å². The number of nitrogens with zero attached hydrogens (tertiary/aromatic N) is 1. The third kappa shape index (κ3) is 5.00. The maximum Gasteiger partial charge on any atom is 0.313 e. The van der Waals surface area contributed by atoms with Gasteiger partial charge in [0, 0.05) is 30.3 Å². The molecule has 1 saturated heterocycles. The second-order valence-electron chi connectivity index (χ2n) is 7.21. The molecule has 0 bridgehead atoms. The minimum absolute atomic E-state index is 0.168. The van der Waals surface area contributed by atoms with E-state index in [0.717, 1.165) is 18.4 Å². The molecule has 3 rings (SSSR count). The third-order valence-electron chi connectivity index (χ3n) is 5.07. The van der Waals surface area contributed by atoms with Crippen molar-refractivity contribution in [2.75, 3.05) is 25.0 Å². The Balaban J connectivity index is 1.42. The fourth-order valence-corrected chi connectivity index (χ4v) is 5.17. The number of amides is 2. The molecule has 0 atom stereocenters. The van der Waals surface area contributed by atoms with Gasteiger partial charge in [-0.05, 0) is 56.2 Å². The van der Waals surface area contributed by atoms with Crippen molar-refractivity contribution in [2.45, 2.75) is 37.9 Å². The lowest BCUT2D eigenvalue weighted by atomic mass is 9.98. The second-order valence-corrected chi connectivity index (χ2v) is 9.84. The highest BCUT2D eigenvalue weighted by Crippen LogP contribution is 2.33. The molecule has 2 fully saturated rings. The first kappa shape index (κ1) is 20.1. The maximum atomic E-state index is 12.2. The molecule has 2 amide bonds. The van der Waals surface area contributed by atoms with E-state index in [0.29, 0.717) is 43.2 Å². The van der Waals surface area contributed by atoms with Crippen molar-refractivity contribution in [3.8, 4) is 0 Å². The average Bonchev–Trinajstić information content (AvgIpc) is 3.49. The van der Waals surface area contributed by atoms with E-state index in [9.17, 15) is 18.0 Å². The molecule has 0 unspecified atom stereocenters. The van der Waals surface area contributed by atoms with Crippen molar-refractivity contribution < 1.29 is 18.0 Å². The van der Waals surface area contributed by atoms with E-state index in [4.69, 9.17) is 11.6 Å². The van der Waals surface area contributed by atoms with E-state index >= 15 is 0 Å². The molecule has 2 aliphatic rings. The van der Waals surface area contributed by atoms with Crippen LogP contribution in [0, 0.1) is 12.8 Å². The van der Waals surface area contributed by atoms with Crippen molar-refractivity contribution in [1.29, 1.82) is 0 Å². The van der Waals surface area contributed by atoms with Crippen LogP contribution in [0.3, 0.4) is 0 Å². The largest absolute Gasteiger partial charge is 0.348 e. The summed E-state index contributed by atoms with van der Waals surface area (Å²) in [6, 6.07) is 5.04. The van der Waals surface area contributed by atoms with Gasteiger partial charge in [-0.1, -0.05) is 17.7 Å². The Kier molecular flexibility index (Phi) is 6.08. The summed E-state index contributed by atoms with van der Waals surface area (Å²) < 4.78 is 26.0. The molecule has 2 N–H and O–H groups in total. The zero-order valence-electron chi connectivity index (χ0n) is 15.2.